The third-order valence-corrected chi connectivity index (χ3v) is 7.55. The third kappa shape index (κ3) is 10.3. The third-order valence-electron chi connectivity index (χ3n) is 6.31. The Morgan fingerprint density at radius 3 is 2.50 bits per heavy atom. The van der Waals surface area contributed by atoms with Crippen LogP contribution in [-0.4, -0.2) is 68.4 Å². The predicted molar refractivity (Wildman–Crippen MR) is 166 cm³/mol. The molecule has 12 nitrogen and oxygen atoms in total. The average Bonchev–Trinajstić information content (AvgIpc) is 3.51. The first-order valence-corrected chi connectivity index (χ1v) is 16.1. The van der Waals surface area contributed by atoms with Crippen LogP contribution in [0.1, 0.15) is 16.7 Å². The summed E-state index contributed by atoms with van der Waals surface area (Å²) in [4.78, 5) is 47.7. The molecule has 0 bridgehead atoms. The maximum atomic E-state index is 13.4. The second-order valence-corrected chi connectivity index (χ2v) is 12.9. The molecule has 2 amide bonds. The first-order valence-electron chi connectivity index (χ1n) is 13.5. The fourth-order valence-corrected chi connectivity index (χ4v) is 4.72. The van der Waals surface area contributed by atoms with Crippen LogP contribution in [0.15, 0.2) is 85.2 Å². The first kappa shape index (κ1) is 32.3. The lowest BCUT2D eigenvalue weighted by atomic mass is 9.97. The van der Waals surface area contributed by atoms with Crippen molar-refractivity contribution in [3.63, 3.8) is 0 Å². The minimum atomic E-state index is -3.28. The number of amides is 2. The summed E-state index contributed by atoms with van der Waals surface area (Å²) < 4.78 is 17.7. The van der Waals surface area contributed by atoms with Gasteiger partial charge in [0, 0.05) is 35.4 Å². The molecule has 0 saturated heterocycles. The Morgan fingerprint density at radius 1 is 1.07 bits per heavy atom. The zero-order valence-electron chi connectivity index (χ0n) is 23.7. The highest BCUT2D eigenvalue weighted by Gasteiger charge is 2.21. The number of anilines is 1. The van der Waals surface area contributed by atoms with E-state index in [1.54, 1.807) is 48.5 Å². The van der Waals surface area contributed by atoms with Gasteiger partial charge >= 0.3 is 6.09 Å². The zero-order chi connectivity index (χ0) is 31.5. The summed E-state index contributed by atoms with van der Waals surface area (Å²) in [5, 5.41) is 17.0. The maximum Gasteiger partial charge on any atom is 0.411 e. The van der Waals surface area contributed by atoms with Crippen LogP contribution in [0.25, 0.3) is 11.8 Å². The normalized spacial score (nSPS) is 13.2. The van der Waals surface area contributed by atoms with Gasteiger partial charge in [0.15, 0.2) is 5.78 Å². The molecule has 0 spiro atoms. The van der Waals surface area contributed by atoms with Gasteiger partial charge in [-0.1, -0.05) is 54.1 Å². The molecular formula is C30H30ClN6O6P. The minimum Gasteiger partial charge on any atom is -0.449 e. The van der Waals surface area contributed by atoms with Crippen molar-refractivity contribution in [1.82, 2.24) is 25.5 Å². The number of benzene rings is 3. The number of ketones is 1. The van der Waals surface area contributed by atoms with Crippen molar-refractivity contribution in [2.45, 2.75) is 18.9 Å². The highest BCUT2D eigenvalue weighted by Crippen LogP contribution is 2.34. The Morgan fingerprint density at radius 2 is 1.82 bits per heavy atom. The molecule has 1 aromatic heterocycles. The SMILES string of the molecule is CP(=O)(O)CCOC(=O)Nc1ccc(CC(=O)[C@H](Cc2ccccc2)NC(=O)/C=C/c2cc(Cl)ccc2-n2cnnn2)cc1. The fourth-order valence-electron chi connectivity index (χ4n) is 4.11. The van der Waals surface area contributed by atoms with Crippen LogP contribution >= 0.6 is 19.0 Å². The van der Waals surface area contributed by atoms with E-state index in [2.05, 4.69) is 26.2 Å². The highest BCUT2D eigenvalue weighted by atomic mass is 35.5. The Labute approximate surface area is 258 Å². The molecule has 4 rings (SSSR count). The van der Waals surface area contributed by atoms with E-state index < -0.39 is 25.4 Å². The Kier molecular flexibility index (Phi) is 11.1. The van der Waals surface area contributed by atoms with Crippen molar-refractivity contribution in [2.75, 3.05) is 24.8 Å². The number of rotatable bonds is 13. The number of hydrogen-bond acceptors (Lipinski definition) is 8. The van der Waals surface area contributed by atoms with Gasteiger partial charge in [0.05, 0.1) is 17.9 Å². The lowest BCUT2D eigenvalue weighted by Crippen LogP contribution is -2.42. The molecule has 0 aliphatic rings. The number of nitrogens with one attached hydrogen (secondary N) is 2. The van der Waals surface area contributed by atoms with Gasteiger partial charge in [-0.15, -0.1) is 5.10 Å². The highest BCUT2D eigenvalue weighted by molar-refractivity contribution is 7.57. The van der Waals surface area contributed by atoms with Crippen LogP contribution in [0.2, 0.25) is 5.02 Å². The molecule has 1 unspecified atom stereocenters. The van der Waals surface area contributed by atoms with E-state index in [1.165, 1.54) is 23.7 Å². The van der Waals surface area contributed by atoms with Gasteiger partial charge in [-0.3, -0.25) is 19.5 Å². The monoisotopic (exact) mass is 636 g/mol. The summed E-state index contributed by atoms with van der Waals surface area (Å²) in [6.45, 7) is 1.00. The van der Waals surface area contributed by atoms with Gasteiger partial charge in [-0.25, -0.2) is 4.79 Å². The van der Waals surface area contributed by atoms with Gasteiger partial charge in [0.25, 0.3) is 0 Å². The fraction of sp³-hybridized carbons (Fsp3) is 0.200. The quantitative estimate of drug-likeness (QED) is 0.143. The van der Waals surface area contributed by atoms with Crippen LogP contribution in [0.3, 0.4) is 0 Å². The van der Waals surface area contributed by atoms with E-state index in [4.69, 9.17) is 16.3 Å². The summed E-state index contributed by atoms with van der Waals surface area (Å²) in [6.07, 6.45) is 3.74. The standard InChI is InChI=1S/C30H30ClN6O6P/c1-44(41,42)16-15-43-30(40)33-25-11-7-22(8-12-25)18-28(38)26(17-21-5-3-2-4-6-21)34-29(39)14-9-23-19-24(31)10-13-27(23)37-20-32-35-36-37/h2-14,19-20,26H,15-18H2,1H3,(H,33,40)(H,34,39)(H,41,42)/b14-9+/t26-/m0/s1. The molecule has 44 heavy (non-hydrogen) atoms. The number of tetrazole rings is 1. The van der Waals surface area contributed by atoms with Crippen molar-refractivity contribution < 1.29 is 28.6 Å². The topological polar surface area (TPSA) is 165 Å². The number of Topliss-reactive ketones (excluding diaryl/α,β-unsaturated/α-hetero) is 1. The summed E-state index contributed by atoms with van der Waals surface area (Å²) in [5.74, 6) is -0.679. The smallest absolute Gasteiger partial charge is 0.411 e. The van der Waals surface area contributed by atoms with E-state index in [9.17, 15) is 23.8 Å². The molecule has 0 aliphatic carbocycles. The molecule has 14 heteroatoms. The molecule has 1 heterocycles. The van der Waals surface area contributed by atoms with E-state index >= 15 is 0 Å². The van der Waals surface area contributed by atoms with Crippen LogP contribution in [-0.2, 0) is 31.7 Å². The molecule has 3 N–H and O–H groups in total. The van der Waals surface area contributed by atoms with Crippen molar-refractivity contribution in [3.05, 3.63) is 107 Å². The van der Waals surface area contributed by atoms with E-state index in [-0.39, 0.29) is 31.4 Å². The number of aromatic nitrogens is 4. The maximum absolute atomic E-state index is 13.4. The summed E-state index contributed by atoms with van der Waals surface area (Å²) >= 11 is 6.17. The summed E-state index contributed by atoms with van der Waals surface area (Å²) in [6, 6.07) is 20.2. The number of hydrogen-bond donors (Lipinski definition) is 3. The van der Waals surface area contributed by atoms with Crippen LogP contribution in [0, 0.1) is 0 Å². The molecular weight excluding hydrogens is 607 g/mol. The zero-order valence-corrected chi connectivity index (χ0v) is 25.3. The largest absolute Gasteiger partial charge is 0.449 e. The number of halogens is 1. The van der Waals surface area contributed by atoms with Crippen molar-refractivity contribution in [2.24, 2.45) is 0 Å². The Balaban J connectivity index is 1.41. The van der Waals surface area contributed by atoms with Crippen LogP contribution in [0.5, 0.6) is 0 Å². The molecule has 228 valence electrons. The molecule has 0 fully saturated rings. The Hall–Kier alpha value is -4.64. The molecule has 0 radical (unpaired) electrons. The predicted octanol–water partition coefficient (Wildman–Crippen LogP) is 4.32. The summed E-state index contributed by atoms with van der Waals surface area (Å²) in [5.41, 5.74) is 3.19. The number of carbonyl (C=O) groups excluding carboxylic acids is 3. The van der Waals surface area contributed by atoms with Crippen molar-refractivity contribution >= 4 is 48.5 Å². The van der Waals surface area contributed by atoms with Crippen molar-refractivity contribution in [3.8, 4) is 5.69 Å². The molecule has 2 atom stereocenters. The summed E-state index contributed by atoms with van der Waals surface area (Å²) in [7, 11) is -3.28. The molecule has 4 aromatic rings. The molecule has 3 aromatic carbocycles. The molecule has 0 aliphatic heterocycles. The second-order valence-electron chi connectivity index (χ2n) is 9.92. The van der Waals surface area contributed by atoms with Gasteiger partial charge in [-0.05, 0) is 64.4 Å². The van der Waals surface area contributed by atoms with Gasteiger partial charge in [0.2, 0.25) is 13.3 Å². The Bertz CT molecular complexity index is 1660. The van der Waals surface area contributed by atoms with Gasteiger partial charge < -0.3 is 14.9 Å². The van der Waals surface area contributed by atoms with E-state index in [0.29, 0.717) is 27.5 Å². The second kappa shape index (κ2) is 15.2. The first-order chi connectivity index (χ1) is 21.1. The number of carbonyl (C=O) groups is 3. The number of ether oxygens (including phenoxy) is 1. The lowest BCUT2D eigenvalue weighted by Gasteiger charge is -2.17. The average molecular weight is 637 g/mol. The number of nitrogens with zero attached hydrogens (tertiary/aromatic N) is 4. The van der Waals surface area contributed by atoms with Crippen LogP contribution in [0.4, 0.5) is 10.5 Å². The lowest BCUT2D eigenvalue weighted by molar-refractivity contribution is -0.125. The van der Waals surface area contributed by atoms with E-state index in [0.717, 1.165) is 5.56 Å². The van der Waals surface area contributed by atoms with Crippen LogP contribution < -0.4 is 10.6 Å². The minimum absolute atomic E-state index is 0.0340. The van der Waals surface area contributed by atoms with E-state index in [1.807, 2.05) is 30.3 Å². The molecule has 0 saturated carbocycles. The van der Waals surface area contributed by atoms with Crippen molar-refractivity contribution in [1.29, 1.82) is 0 Å². The van der Waals surface area contributed by atoms with Gasteiger partial charge in [-0.2, -0.15) is 4.68 Å². The van der Waals surface area contributed by atoms with Gasteiger partial charge in [0.1, 0.15) is 12.9 Å².